The van der Waals surface area contributed by atoms with Gasteiger partial charge in [0, 0.05) is 16.6 Å². The lowest BCUT2D eigenvalue weighted by Gasteiger charge is -2.12. The second kappa shape index (κ2) is 7.40. The van der Waals surface area contributed by atoms with E-state index in [1.165, 1.54) is 10.1 Å². The van der Waals surface area contributed by atoms with Crippen LogP contribution in [0, 0.1) is 0 Å². The number of benzene rings is 2. The second-order valence-electron chi connectivity index (χ2n) is 6.65. The molecule has 0 amide bonds. The van der Waals surface area contributed by atoms with Crippen molar-refractivity contribution < 1.29 is 0 Å². The van der Waals surface area contributed by atoms with Gasteiger partial charge < -0.3 is 10.2 Å². The maximum Gasteiger partial charge on any atom is 0.172 e. The summed E-state index contributed by atoms with van der Waals surface area (Å²) in [5.41, 5.74) is 0.977. The van der Waals surface area contributed by atoms with Crippen molar-refractivity contribution >= 4 is 38.1 Å². The Labute approximate surface area is 157 Å². The van der Waals surface area contributed by atoms with Gasteiger partial charge in [0.2, 0.25) is 0 Å². The van der Waals surface area contributed by atoms with Gasteiger partial charge in [-0.3, -0.25) is 0 Å². The molecule has 0 aliphatic carbocycles. The summed E-state index contributed by atoms with van der Waals surface area (Å²) in [7, 11) is 4.19. The summed E-state index contributed by atoms with van der Waals surface area (Å²) in [4.78, 5) is 13.0. The van der Waals surface area contributed by atoms with Crippen LogP contribution >= 0.6 is 11.3 Å². The Morgan fingerprint density at radius 3 is 2.65 bits per heavy atom. The highest BCUT2D eigenvalue weighted by atomic mass is 32.1. The van der Waals surface area contributed by atoms with Crippen molar-refractivity contribution in [2.75, 3.05) is 32.5 Å². The Kier molecular flexibility index (Phi) is 4.82. The first-order valence-corrected chi connectivity index (χ1v) is 9.67. The zero-order valence-electron chi connectivity index (χ0n) is 15.1. The Morgan fingerprint density at radius 2 is 1.81 bits per heavy atom. The summed E-state index contributed by atoms with van der Waals surface area (Å²) in [6.45, 7) is 1.95. The number of aromatic nitrogens is 2. The van der Waals surface area contributed by atoms with Crippen LogP contribution in [0.4, 0.5) is 5.82 Å². The molecular formula is C21H22N4S. The van der Waals surface area contributed by atoms with Gasteiger partial charge in [0.1, 0.15) is 5.82 Å². The van der Waals surface area contributed by atoms with Gasteiger partial charge >= 0.3 is 0 Å². The molecular weight excluding hydrogens is 340 g/mol. The van der Waals surface area contributed by atoms with E-state index in [1.54, 1.807) is 11.3 Å². The first-order chi connectivity index (χ1) is 12.7. The number of fused-ring (bicyclic) bond motifs is 2. The van der Waals surface area contributed by atoms with Crippen molar-refractivity contribution in [2.24, 2.45) is 0 Å². The van der Waals surface area contributed by atoms with Crippen LogP contribution < -0.4 is 5.32 Å². The minimum Gasteiger partial charge on any atom is -0.369 e. The quantitative estimate of drug-likeness (QED) is 0.497. The lowest BCUT2D eigenvalue weighted by Crippen LogP contribution is -2.16. The topological polar surface area (TPSA) is 41.0 Å². The predicted octanol–water partition coefficient (Wildman–Crippen LogP) is 4.88. The van der Waals surface area contributed by atoms with Crippen LogP contribution in [0.1, 0.15) is 6.42 Å². The molecule has 2 aromatic heterocycles. The maximum absolute atomic E-state index is 4.86. The molecule has 26 heavy (non-hydrogen) atoms. The van der Waals surface area contributed by atoms with Crippen LogP contribution in [-0.4, -0.2) is 42.1 Å². The monoisotopic (exact) mass is 362 g/mol. The highest BCUT2D eigenvalue weighted by Crippen LogP contribution is 2.33. The van der Waals surface area contributed by atoms with E-state index in [0.717, 1.165) is 46.9 Å². The third kappa shape index (κ3) is 3.54. The van der Waals surface area contributed by atoms with E-state index < -0.39 is 0 Å². The number of nitrogens with one attached hydrogen (secondary N) is 1. The summed E-state index contributed by atoms with van der Waals surface area (Å²) in [5.74, 6) is 1.71. The number of hydrogen-bond acceptors (Lipinski definition) is 5. The van der Waals surface area contributed by atoms with Gasteiger partial charge in [0.15, 0.2) is 5.82 Å². The van der Waals surface area contributed by atoms with Gasteiger partial charge in [-0.1, -0.05) is 30.3 Å². The molecule has 4 rings (SSSR count). The first-order valence-electron chi connectivity index (χ1n) is 8.85. The normalized spacial score (nSPS) is 11.5. The summed E-state index contributed by atoms with van der Waals surface area (Å²) < 4.78 is 1.26. The van der Waals surface area contributed by atoms with E-state index >= 15 is 0 Å². The average Bonchev–Trinajstić information content (AvgIpc) is 3.09. The Balaban J connectivity index is 1.71. The molecule has 0 spiro atoms. The lowest BCUT2D eigenvalue weighted by molar-refractivity contribution is 0.405. The van der Waals surface area contributed by atoms with Crippen LogP contribution in [0.5, 0.6) is 0 Å². The standard InChI is InChI=1S/C21H22N4S/c1-25(2)13-7-12-22-20-16-9-4-5-10-17(16)23-21(24-20)19-14-15-8-3-6-11-18(15)26-19/h3-6,8-11,14H,7,12-13H2,1-2H3,(H,22,23,24). The molecule has 0 atom stereocenters. The first kappa shape index (κ1) is 16.9. The highest BCUT2D eigenvalue weighted by molar-refractivity contribution is 7.22. The molecule has 4 nitrogen and oxygen atoms in total. The molecule has 132 valence electrons. The summed E-state index contributed by atoms with van der Waals surface area (Å²) in [6.07, 6.45) is 1.07. The number of anilines is 1. The van der Waals surface area contributed by atoms with E-state index in [9.17, 15) is 0 Å². The molecule has 0 unspecified atom stereocenters. The fraction of sp³-hybridized carbons (Fsp3) is 0.238. The fourth-order valence-electron chi connectivity index (χ4n) is 3.02. The minimum absolute atomic E-state index is 0.792. The van der Waals surface area contributed by atoms with Crippen LogP contribution in [0.15, 0.2) is 54.6 Å². The maximum atomic E-state index is 4.86. The zero-order valence-corrected chi connectivity index (χ0v) is 15.9. The molecule has 2 heterocycles. The minimum atomic E-state index is 0.792. The number of hydrogen-bond donors (Lipinski definition) is 1. The second-order valence-corrected chi connectivity index (χ2v) is 7.73. The number of thiophene rings is 1. The van der Waals surface area contributed by atoms with E-state index in [-0.39, 0.29) is 0 Å². The number of rotatable bonds is 6. The zero-order chi connectivity index (χ0) is 17.9. The molecule has 0 saturated carbocycles. The van der Waals surface area contributed by atoms with Gasteiger partial charge in [-0.2, -0.15) is 0 Å². The van der Waals surface area contributed by atoms with Gasteiger partial charge in [-0.15, -0.1) is 11.3 Å². The Bertz CT molecular complexity index is 1010. The SMILES string of the molecule is CN(C)CCCNc1nc(-c2cc3ccccc3s2)nc2ccccc12. The average molecular weight is 363 g/mol. The summed E-state index contributed by atoms with van der Waals surface area (Å²) in [6, 6.07) is 18.8. The van der Waals surface area contributed by atoms with Crippen molar-refractivity contribution in [3.8, 4) is 10.7 Å². The Hall–Kier alpha value is -2.50. The molecule has 4 aromatic rings. The third-order valence-electron chi connectivity index (χ3n) is 4.32. The van der Waals surface area contributed by atoms with E-state index in [1.807, 2.05) is 12.1 Å². The van der Waals surface area contributed by atoms with E-state index in [2.05, 4.69) is 66.8 Å². The molecule has 2 aromatic carbocycles. The van der Waals surface area contributed by atoms with Gasteiger partial charge in [-0.05, 0) is 56.7 Å². The molecule has 1 N–H and O–H groups in total. The predicted molar refractivity (Wildman–Crippen MR) is 112 cm³/mol. The number of nitrogens with zero attached hydrogens (tertiary/aromatic N) is 3. The smallest absolute Gasteiger partial charge is 0.172 e. The molecule has 5 heteroatoms. The summed E-state index contributed by atoms with van der Waals surface area (Å²) >= 11 is 1.74. The van der Waals surface area contributed by atoms with Crippen molar-refractivity contribution in [1.29, 1.82) is 0 Å². The highest BCUT2D eigenvalue weighted by Gasteiger charge is 2.11. The van der Waals surface area contributed by atoms with Crippen molar-refractivity contribution in [3.05, 3.63) is 54.6 Å². The van der Waals surface area contributed by atoms with E-state index in [4.69, 9.17) is 9.97 Å². The van der Waals surface area contributed by atoms with E-state index in [0.29, 0.717) is 0 Å². The van der Waals surface area contributed by atoms with Crippen LogP contribution in [0.25, 0.3) is 31.7 Å². The van der Waals surface area contributed by atoms with Crippen LogP contribution in [-0.2, 0) is 0 Å². The largest absolute Gasteiger partial charge is 0.369 e. The molecule has 0 fully saturated rings. The van der Waals surface area contributed by atoms with Crippen molar-refractivity contribution in [1.82, 2.24) is 14.9 Å². The summed E-state index contributed by atoms with van der Waals surface area (Å²) in [5, 5.41) is 5.83. The molecule has 0 bridgehead atoms. The van der Waals surface area contributed by atoms with Gasteiger partial charge in [0.05, 0.1) is 10.4 Å². The Morgan fingerprint density at radius 1 is 1.00 bits per heavy atom. The van der Waals surface area contributed by atoms with Crippen molar-refractivity contribution in [3.63, 3.8) is 0 Å². The van der Waals surface area contributed by atoms with Crippen molar-refractivity contribution in [2.45, 2.75) is 6.42 Å². The molecule has 0 aliphatic rings. The molecule has 0 radical (unpaired) electrons. The lowest BCUT2D eigenvalue weighted by atomic mass is 10.2. The van der Waals surface area contributed by atoms with Gasteiger partial charge in [0.25, 0.3) is 0 Å². The van der Waals surface area contributed by atoms with Crippen LogP contribution in [0.2, 0.25) is 0 Å². The fourth-order valence-corrected chi connectivity index (χ4v) is 4.01. The van der Waals surface area contributed by atoms with Gasteiger partial charge in [-0.25, -0.2) is 9.97 Å². The third-order valence-corrected chi connectivity index (χ3v) is 5.44. The number of para-hydroxylation sites is 1. The molecule has 0 aliphatic heterocycles. The van der Waals surface area contributed by atoms with Crippen LogP contribution in [0.3, 0.4) is 0 Å². The molecule has 0 saturated heterocycles.